The quantitative estimate of drug-likeness (QED) is 0.0454. The van der Waals surface area contributed by atoms with Gasteiger partial charge in [0.25, 0.3) is 0 Å². The molecule has 4 heteroatoms. The Morgan fingerprint density at radius 1 is 0.236 bits per heavy atom. The maximum atomic E-state index is 7.69. The molecule has 0 N–H and O–H groups in total. The lowest BCUT2D eigenvalue weighted by molar-refractivity contribution is -0.0442. The Morgan fingerprint density at radius 3 is 0.564 bits per heavy atom. The van der Waals surface area contributed by atoms with E-state index < -0.39 is 9.53 Å². The molecule has 0 saturated heterocycles. The highest BCUT2D eigenvalue weighted by Crippen LogP contribution is 2.34. The zero-order chi connectivity index (χ0) is 40.6. The molecular formula is C51H106O3Si. The molecule has 0 fully saturated rings. The van der Waals surface area contributed by atoms with Crippen molar-refractivity contribution in [1.82, 2.24) is 0 Å². The van der Waals surface area contributed by atoms with Crippen LogP contribution < -0.4 is 0 Å². The van der Waals surface area contributed by atoms with Gasteiger partial charge in [0.1, 0.15) is 0 Å². The summed E-state index contributed by atoms with van der Waals surface area (Å²) in [7, 11) is -2.48. The summed E-state index contributed by atoms with van der Waals surface area (Å²) in [4.78, 5) is 0. The van der Waals surface area contributed by atoms with Crippen LogP contribution in [0.3, 0.4) is 0 Å². The minimum atomic E-state index is -2.48. The highest BCUT2D eigenvalue weighted by Gasteiger charge is 2.35. The maximum absolute atomic E-state index is 7.69. The van der Waals surface area contributed by atoms with Gasteiger partial charge in [-0.05, 0) is 75.5 Å². The van der Waals surface area contributed by atoms with E-state index in [1.165, 1.54) is 231 Å². The second kappa shape index (κ2) is 42.2. The Labute approximate surface area is 351 Å². The van der Waals surface area contributed by atoms with Crippen LogP contribution >= 0.6 is 0 Å². The molecular weight excluding hydrogens is 689 g/mol. The molecule has 0 saturated carbocycles. The van der Waals surface area contributed by atoms with Crippen LogP contribution in [0.5, 0.6) is 0 Å². The predicted octanol–water partition coefficient (Wildman–Crippen LogP) is 17.9. The first-order valence-electron chi connectivity index (χ1n) is 26.0. The molecule has 3 unspecified atom stereocenters. The minimum absolute atomic E-state index is 0.279. The zero-order valence-corrected chi connectivity index (χ0v) is 40.9. The van der Waals surface area contributed by atoms with Crippen LogP contribution in [0.4, 0.5) is 0 Å². The van der Waals surface area contributed by atoms with Gasteiger partial charge in [0, 0.05) is 0 Å². The third-order valence-corrected chi connectivity index (χ3v) is 14.5. The fourth-order valence-corrected chi connectivity index (χ4v) is 11.2. The molecule has 0 aliphatic rings. The van der Waals surface area contributed by atoms with Crippen LogP contribution in [0, 0.1) is 17.8 Å². The summed E-state index contributed by atoms with van der Waals surface area (Å²) >= 11 is 0. The van der Waals surface area contributed by atoms with Crippen molar-refractivity contribution in [3.8, 4) is 0 Å². The largest absolute Gasteiger partial charge is 0.484 e. The van der Waals surface area contributed by atoms with Crippen molar-refractivity contribution in [2.24, 2.45) is 17.8 Å². The smallest absolute Gasteiger partial charge is 0.372 e. The van der Waals surface area contributed by atoms with Crippen molar-refractivity contribution in [2.75, 3.05) is 0 Å². The lowest BCUT2D eigenvalue weighted by Crippen LogP contribution is -2.44. The van der Waals surface area contributed by atoms with Gasteiger partial charge in [-0.25, -0.2) is 0 Å². The molecule has 0 aliphatic carbocycles. The van der Waals surface area contributed by atoms with E-state index in [2.05, 4.69) is 62.3 Å². The van der Waals surface area contributed by atoms with E-state index in [-0.39, 0.29) is 18.3 Å². The standard InChI is InChI=1S/C51H106O3Si/c1-10-19-28-37-46(38-29-20-11-2)49(43-34-25-16-7)52-55(53-50(44-35-26-17-8)47(39-30-21-12-3)40-31-22-13-4)54-51(45-36-27-18-9)48(41-32-23-14-5)42-33-24-15-6/h46-51,55H,10-45H2,1-9H3. The normalized spacial score (nSPS) is 14.4. The van der Waals surface area contributed by atoms with Gasteiger partial charge in [-0.1, -0.05) is 236 Å². The van der Waals surface area contributed by atoms with Crippen molar-refractivity contribution < 1.29 is 13.3 Å². The molecule has 0 amide bonds. The third-order valence-electron chi connectivity index (χ3n) is 12.8. The summed E-state index contributed by atoms with van der Waals surface area (Å²) in [5.41, 5.74) is 0. The number of rotatable bonds is 45. The van der Waals surface area contributed by atoms with Crippen LogP contribution in [0.1, 0.15) is 293 Å². The lowest BCUT2D eigenvalue weighted by Gasteiger charge is -2.37. The van der Waals surface area contributed by atoms with Gasteiger partial charge in [0.15, 0.2) is 0 Å². The molecule has 0 aliphatic heterocycles. The average molecular weight is 795 g/mol. The first kappa shape index (κ1) is 55.1. The van der Waals surface area contributed by atoms with Gasteiger partial charge in [-0.2, -0.15) is 0 Å². The topological polar surface area (TPSA) is 27.7 Å². The van der Waals surface area contributed by atoms with Gasteiger partial charge in [-0.15, -0.1) is 0 Å². The molecule has 332 valence electrons. The first-order chi connectivity index (χ1) is 27.0. The summed E-state index contributed by atoms with van der Waals surface area (Å²) in [5, 5.41) is 0. The Hall–Kier alpha value is 0.0969. The van der Waals surface area contributed by atoms with E-state index in [9.17, 15) is 0 Å². The monoisotopic (exact) mass is 795 g/mol. The van der Waals surface area contributed by atoms with Crippen LogP contribution in [0.2, 0.25) is 0 Å². The predicted molar refractivity (Wildman–Crippen MR) is 250 cm³/mol. The maximum Gasteiger partial charge on any atom is 0.484 e. The molecule has 55 heavy (non-hydrogen) atoms. The van der Waals surface area contributed by atoms with Crippen LogP contribution in [0.25, 0.3) is 0 Å². The molecule has 0 spiro atoms. The second-order valence-corrected chi connectivity index (χ2v) is 19.4. The van der Waals surface area contributed by atoms with Crippen molar-refractivity contribution in [3.05, 3.63) is 0 Å². The molecule has 0 bridgehead atoms. The van der Waals surface area contributed by atoms with E-state index in [0.29, 0.717) is 17.8 Å². The molecule has 0 radical (unpaired) electrons. The first-order valence-corrected chi connectivity index (χ1v) is 27.4. The van der Waals surface area contributed by atoms with Crippen molar-refractivity contribution in [2.45, 2.75) is 312 Å². The Bertz CT molecular complexity index is 608. The summed E-state index contributed by atoms with van der Waals surface area (Å²) in [6.45, 7) is 21.2. The number of unbranched alkanes of at least 4 members (excludes halogenated alkanes) is 18. The third kappa shape index (κ3) is 30.8. The fourth-order valence-electron chi connectivity index (χ4n) is 9.04. The SMILES string of the molecule is CCCCCC(CCCCC)C(CCCCC)O[SiH](OC(CCCCC)C(CCCCC)CCCCC)OC(CCCCC)C(CCCCC)CCCCC. The van der Waals surface area contributed by atoms with Crippen LogP contribution in [-0.4, -0.2) is 27.8 Å². The summed E-state index contributed by atoms with van der Waals surface area (Å²) in [6.07, 6.45) is 47.6. The summed E-state index contributed by atoms with van der Waals surface area (Å²) in [5.74, 6) is 1.89. The van der Waals surface area contributed by atoms with E-state index in [0.717, 1.165) is 0 Å². The summed E-state index contributed by atoms with van der Waals surface area (Å²) in [6, 6.07) is 0. The summed E-state index contributed by atoms with van der Waals surface area (Å²) < 4.78 is 23.1. The molecule has 3 nitrogen and oxygen atoms in total. The molecule has 0 rings (SSSR count). The van der Waals surface area contributed by atoms with Gasteiger partial charge < -0.3 is 13.3 Å². The minimum Gasteiger partial charge on any atom is -0.372 e. The van der Waals surface area contributed by atoms with E-state index in [4.69, 9.17) is 13.3 Å². The van der Waals surface area contributed by atoms with E-state index >= 15 is 0 Å². The number of hydrogen-bond donors (Lipinski definition) is 0. The van der Waals surface area contributed by atoms with Crippen LogP contribution in [-0.2, 0) is 13.3 Å². The van der Waals surface area contributed by atoms with E-state index in [1.54, 1.807) is 0 Å². The van der Waals surface area contributed by atoms with E-state index in [1.807, 2.05) is 0 Å². The Balaban J connectivity index is 7.11. The molecule has 0 aromatic rings. The number of hydrogen-bond acceptors (Lipinski definition) is 3. The average Bonchev–Trinajstić information content (AvgIpc) is 3.18. The highest BCUT2D eigenvalue weighted by atomic mass is 28.3. The van der Waals surface area contributed by atoms with Crippen molar-refractivity contribution >= 4 is 9.53 Å². The van der Waals surface area contributed by atoms with Gasteiger partial charge in [0.2, 0.25) is 0 Å². The van der Waals surface area contributed by atoms with Crippen LogP contribution in [0.15, 0.2) is 0 Å². The Morgan fingerprint density at radius 2 is 0.400 bits per heavy atom. The highest BCUT2D eigenvalue weighted by molar-refractivity contribution is 6.36. The Kier molecular flexibility index (Phi) is 42.3. The molecule has 0 aromatic carbocycles. The van der Waals surface area contributed by atoms with Crippen molar-refractivity contribution in [1.29, 1.82) is 0 Å². The van der Waals surface area contributed by atoms with Gasteiger partial charge in [0.05, 0.1) is 18.3 Å². The second-order valence-electron chi connectivity index (χ2n) is 18.1. The van der Waals surface area contributed by atoms with Gasteiger partial charge >= 0.3 is 9.53 Å². The molecule has 3 atom stereocenters. The lowest BCUT2D eigenvalue weighted by atomic mass is 9.87. The fraction of sp³-hybridized carbons (Fsp3) is 1.00. The molecule has 0 aromatic heterocycles. The van der Waals surface area contributed by atoms with Gasteiger partial charge in [-0.3, -0.25) is 0 Å². The van der Waals surface area contributed by atoms with Crippen molar-refractivity contribution in [3.63, 3.8) is 0 Å². The zero-order valence-electron chi connectivity index (χ0n) is 39.7. The molecule has 0 heterocycles.